The fraction of sp³-hybridized carbons (Fsp3) is 0.105. The van der Waals surface area contributed by atoms with Gasteiger partial charge in [-0.05, 0) is 36.4 Å². The van der Waals surface area contributed by atoms with Crippen molar-refractivity contribution >= 4 is 17.5 Å². The lowest BCUT2D eigenvalue weighted by Crippen LogP contribution is -2.02. The predicted octanol–water partition coefficient (Wildman–Crippen LogP) is 3.54. The molecule has 0 saturated heterocycles. The van der Waals surface area contributed by atoms with Crippen LogP contribution in [0.5, 0.6) is 11.5 Å². The topological polar surface area (TPSA) is 110 Å². The Labute approximate surface area is 159 Å². The maximum absolute atomic E-state index is 5.39. The third kappa shape index (κ3) is 3.20. The van der Waals surface area contributed by atoms with Crippen LogP contribution < -0.4 is 20.1 Å². The number of pyridine rings is 1. The molecule has 0 unspecified atom stereocenters. The van der Waals surface area contributed by atoms with Gasteiger partial charge in [0, 0.05) is 18.0 Å². The molecular weight excluding hydrogens is 360 g/mol. The van der Waals surface area contributed by atoms with Gasteiger partial charge in [0.25, 0.3) is 0 Å². The zero-order valence-corrected chi connectivity index (χ0v) is 14.7. The molecule has 0 saturated carbocycles. The molecule has 0 atom stereocenters. The molecule has 9 nitrogen and oxygen atoms in total. The Morgan fingerprint density at radius 3 is 2.96 bits per heavy atom. The van der Waals surface area contributed by atoms with Gasteiger partial charge in [-0.3, -0.25) is 5.10 Å². The number of aromatic nitrogens is 4. The highest BCUT2D eigenvalue weighted by Crippen LogP contribution is 2.35. The van der Waals surface area contributed by atoms with Gasteiger partial charge in [-0.15, -0.1) is 5.10 Å². The van der Waals surface area contributed by atoms with Crippen LogP contribution in [0.25, 0.3) is 11.4 Å². The average Bonchev–Trinajstić information content (AvgIpc) is 3.48. The van der Waals surface area contributed by atoms with Crippen molar-refractivity contribution in [2.75, 3.05) is 17.4 Å². The van der Waals surface area contributed by atoms with Gasteiger partial charge in [-0.25, -0.2) is 4.98 Å². The molecule has 1 aromatic carbocycles. The Morgan fingerprint density at radius 2 is 2.04 bits per heavy atom. The van der Waals surface area contributed by atoms with Crippen LogP contribution >= 0.6 is 0 Å². The van der Waals surface area contributed by atoms with Crippen molar-refractivity contribution in [3.05, 3.63) is 60.7 Å². The number of benzene rings is 1. The molecule has 0 radical (unpaired) electrons. The molecule has 5 rings (SSSR count). The standard InChI is InChI=1S/C19H16N6O3/c1-4-14(17(20-7-1)21-10-13-3-2-8-26-13)18-23-19(25-24-18)22-12-5-6-15-16(9-12)28-11-27-15/h1-9H,10-11H2,(H,20,21)(H2,22,23,24,25). The molecule has 4 aromatic rings. The van der Waals surface area contributed by atoms with Gasteiger partial charge in [0.1, 0.15) is 11.6 Å². The third-order valence-corrected chi connectivity index (χ3v) is 4.19. The summed E-state index contributed by atoms with van der Waals surface area (Å²) in [5.41, 5.74) is 1.61. The van der Waals surface area contributed by atoms with Crippen molar-refractivity contribution in [1.82, 2.24) is 20.2 Å². The van der Waals surface area contributed by atoms with Crippen LogP contribution in [0, 0.1) is 0 Å². The number of hydrogen-bond donors (Lipinski definition) is 3. The van der Waals surface area contributed by atoms with Crippen LogP contribution in [-0.2, 0) is 6.54 Å². The van der Waals surface area contributed by atoms with Crippen LogP contribution in [0.4, 0.5) is 17.5 Å². The van der Waals surface area contributed by atoms with Gasteiger partial charge in [-0.1, -0.05) is 0 Å². The summed E-state index contributed by atoms with van der Waals surface area (Å²) in [6.07, 6.45) is 3.36. The maximum Gasteiger partial charge on any atom is 0.246 e. The van der Waals surface area contributed by atoms with Crippen LogP contribution in [0.1, 0.15) is 5.76 Å². The Kier molecular flexibility index (Phi) is 4.02. The molecule has 28 heavy (non-hydrogen) atoms. The lowest BCUT2D eigenvalue weighted by molar-refractivity contribution is 0.174. The van der Waals surface area contributed by atoms with E-state index in [9.17, 15) is 0 Å². The van der Waals surface area contributed by atoms with Crippen LogP contribution in [0.2, 0.25) is 0 Å². The van der Waals surface area contributed by atoms with Crippen molar-refractivity contribution in [2.45, 2.75) is 6.54 Å². The first kappa shape index (κ1) is 16.2. The van der Waals surface area contributed by atoms with Crippen molar-refractivity contribution in [2.24, 2.45) is 0 Å². The summed E-state index contributed by atoms with van der Waals surface area (Å²) < 4.78 is 16.1. The Balaban J connectivity index is 1.34. The molecule has 3 aromatic heterocycles. The molecule has 1 aliphatic heterocycles. The zero-order valence-electron chi connectivity index (χ0n) is 14.7. The minimum atomic E-state index is 0.235. The number of anilines is 3. The lowest BCUT2D eigenvalue weighted by Gasteiger charge is -2.07. The smallest absolute Gasteiger partial charge is 0.246 e. The maximum atomic E-state index is 5.39. The third-order valence-electron chi connectivity index (χ3n) is 4.19. The van der Waals surface area contributed by atoms with E-state index in [1.54, 1.807) is 12.5 Å². The number of nitrogens with zero attached hydrogens (tertiary/aromatic N) is 3. The number of ether oxygens (including phenoxy) is 2. The Morgan fingerprint density at radius 1 is 1.07 bits per heavy atom. The number of furan rings is 1. The highest BCUT2D eigenvalue weighted by Gasteiger charge is 2.15. The summed E-state index contributed by atoms with van der Waals surface area (Å²) in [7, 11) is 0. The number of hydrogen-bond acceptors (Lipinski definition) is 8. The fourth-order valence-corrected chi connectivity index (χ4v) is 2.86. The van der Waals surface area contributed by atoms with Crippen molar-refractivity contribution in [1.29, 1.82) is 0 Å². The number of H-pyrrole nitrogens is 1. The first-order chi connectivity index (χ1) is 13.8. The predicted molar refractivity (Wildman–Crippen MR) is 101 cm³/mol. The highest BCUT2D eigenvalue weighted by molar-refractivity contribution is 5.71. The second kappa shape index (κ2) is 6.95. The molecule has 0 aliphatic carbocycles. The molecule has 0 amide bonds. The normalized spacial score (nSPS) is 12.1. The number of aromatic amines is 1. The first-order valence-corrected chi connectivity index (χ1v) is 8.66. The zero-order chi connectivity index (χ0) is 18.8. The van der Waals surface area contributed by atoms with E-state index in [0.29, 0.717) is 29.9 Å². The fourth-order valence-electron chi connectivity index (χ4n) is 2.86. The summed E-state index contributed by atoms with van der Waals surface area (Å²) in [6.45, 7) is 0.756. The average molecular weight is 376 g/mol. The van der Waals surface area contributed by atoms with Crippen molar-refractivity contribution in [3.8, 4) is 22.9 Å². The largest absolute Gasteiger partial charge is 0.467 e. The van der Waals surface area contributed by atoms with Gasteiger partial charge in [0.15, 0.2) is 17.3 Å². The number of fused-ring (bicyclic) bond motifs is 1. The summed E-state index contributed by atoms with van der Waals surface area (Å²) in [6, 6.07) is 13.1. The highest BCUT2D eigenvalue weighted by atomic mass is 16.7. The molecule has 0 spiro atoms. The summed E-state index contributed by atoms with van der Waals surface area (Å²) >= 11 is 0. The van der Waals surface area contributed by atoms with E-state index in [4.69, 9.17) is 13.9 Å². The van der Waals surface area contributed by atoms with E-state index in [2.05, 4.69) is 30.8 Å². The molecule has 0 fully saturated rings. The van der Waals surface area contributed by atoms with E-state index < -0.39 is 0 Å². The van der Waals surface area contributed by atoms with Crippen LogP contribution in [-0.4, -0.2) is 27.0 Å². The molecule has 3 N–H and O–H groups in total. The monoisotopic (exact) mass is 376 g/mol. The number of nitrogens with one attached hydrogen (secondary N) is 3. The molecule has 4 heterocycles. The second-order valence-corrected chi connectivity index (χ2v) is 6.03. The quantitative estimate of drug-likeness (QED) is 0.469. The SMILES string of the molecule is c1coc(CNc2ncccc2-c2nc(Nc3ccc4c(c3)OCO4)n[nH]2)c1. The van der Waals surface area contributed by atoms with Crippen molar-refractivity contribution in [3.63, 3.8) is 0 Å². The van der Waals surface area contributed by atoms with E-state index >= 15 is 0 Å². The van der Waals surface area contributed by atoms with E-state index in [1.165, 1.54) is 0 Å². The molecular formula is C19H16N6O3. The van der Waals surface area contributed by atoms with Crippen LogP contribution in [0.3, 0.4) is 0 Å². The summed E-state index contributed by atoms with van der Waals surface area (Å²) in [4.78, 5) is 8.92. The lowest BCUT2D eigenvalue weighted by atomic mass is 10.2. The Bertz CT molecular complexity index is 1090. The molecule has 140 valence electrons. The van der Waals surface area contributed by atoms with Crippen LogP contribution in [0.15, 0.2) is 59.3 Å². The van der Waals surface area contributed by atoms with Crippen molar-refractivity contribution < 1.29 is 13.9 Å². The summed E-state index contributed by atoms with van der Waals surface area (Å²) in [5.74, 6) is 3.96. The van der Waals surface area contributed by atoms with Gasteiger partial charge in [-0.2, -0.15) is 4.98 Å². The van der Waals surface area contributed by atoms with E-state index in [-0.39, 0.29) is 6.79 Å². The van der Waals surface area contributed by atoms with Gasteiger partial charge >= 0.3 is 0 Å². The van der Waals surface area contributed by atoms with E-state index in [0.717, 1.165) is 22.8 Å². The molecule has 9 heteroatoms. The van der Waals surface area contributed by atoms with Gasteiger partial charge in [0.2, 0.25) is 12.7 Å². The molecule has 0 bridgehead atoms. The second-order valence-electron chi connectivity index (χ2n) is 6.03. The first-order valence-electron chi connectivity index (χ1n) is 8.66. The number of rotatable bonds is 6. The Hall–Kier alpha value is -4.01. The minimum Gasteiger partial charge on any atom is -0.467 e. The van der Waals surface area contributed by atoms with Gasteiger partial charge in [0.05, 0.1) is 18.4 Å². The van der Waals surface area contributed by atoms with E-state index in [1.807, 2.05) is 42.5 Å². The summed E-state index contributed by atoms with van der Waals surface area (Å²) in [5, 5.41) is 13.6. The minimum absolute atomic E-state index is 0.235. The molecule has 1 aliphatic rings. The van der Waals surface area contributed by atoms with Gasteiger partial charge < -0.3 is 24.5 Å².